The third-order valence-electron chi connectivity index (χ3n) is 4.28. The predicted octanol–water partition coefficient (Wildman–Crippen LogP) is 3.70. The standard InChI is InChI=1S/C17H22ClN3O/c1-12(19)16-4-2-3-9-21(16)10-15-11-22-17(20-15)13-5-7-14(18)8-6-13/h5-8,11-12,16H,2-4,9-10,19H2,1H3. The number of aromatic nitrogens is 1. The van der Waals surface area contributed by atoms with E-state index in [1.807, 2.05) is 24.3 Å². The molecule has 0 radical (unpaired) electrons. The van der Waals surface area contributed by atoms with Crippen molar-refractivity contribution in [1.29, 1.82) is 0 Å². The number of likely N-dealkylation sites (tertiary alicyclic amines) is 1. The molecule has 2 heterocycles. The van der Waals surface area contributed by atoms with Gasteiger partial charge in [0.1, 0.15) is 6.26 Å². The largest absolute Gasteiger partial charge is 0.444 e. The number of nitrogens with zero attached hydrogens (tertiary/aromatic N) is 2. The number of piperidine rings is 1. The summed E-state index contributed by atoms with van der Waals surface area (Å²) in [6.07, 6.45) is 5.40. The van der Waals surface area contributed by atoms with Crippen LogP contribution in [0.3, 0.4) is 0 Å². The zero-order valence-electron chi connectivity index (χ0n) is 12.8. The first-order chi connectivity index (χ1) is 10.6. The summed E-state index contributed by atoms with van der Waals surface area (Å²) in [5, 5.41) is 0.712. The topological polar surface area (TPSA) is 55.3 Å². The van der Waals surface area contributed by atoms with Crippen LogP contribution < -0.4 is 5.73 Å². The lowest BCUT2D eigenvalue weighted by Gasteiger charge is -2.37. The first-order valence-electron chi connectivity index (χ1n) is 7.83. The first kappa shape index (κ1) is 15.5. The highest BCUT2D eigenvalue weighted by molar-refractivity contribution is 6.30. The Hall–Kier alpha value is -1.36. The van der Waals surface area contributed by atoms with E-state index >= 15 is 0 Å². The quantitative estimate of drug-likeness (QED) is 0.933. The number of rotatable bonds is 4. The van der Waals surface area contributed by atoms with Crippen molar-refractivity contribution in [3.8, 4) is 11.5 Å². The van der Waals surface area contributed by atoms with E-state index in [0.29, 0.717) is 17.0 Å². The van der Waals surface area contributed by atoms with Gasteiger partial charge in [-0.3, -0.25) is 4.90 Å². The second-order valence-electron chi connectivity index (χ2n) is 6.04. The van der Waals surface area contributed by atoms with Crippen LogP contribution in [0.4, 0.5) is 0 Å². The van der Waals surface area contributed by atoms with Crippen LogP contribution in [0.5, 0.6) is 0 Å². The minimum atomic E-state index is 0.183. The van der Waals surface area contributed by atoms with Crippen molar-refractivity contribution in [3.05, 3.63) is 41.2 Å². The van der Waals surface area contributed by atoms with Crippen molar-refractivity contribution in [3.63, 3.8) is 0 Å². The average molecular weight is 320 g/mol. The second-order valence-corrected chi connectivity index (χ2v) is 6.48. The summed E-state index contributed by atoms with van der Waals surface area (Å²) in [4.78, 5) is 7.03. The Kier molecular flexibility index (Phi) is 4.81. The van der Waals surface area contributed by atoms with Gasteiger partial charge in [0, 0.05) is 29.2 Å². The maximum absolute atomic E-state index is 6.12. The maximum atomic E-state index is 6.12. The molecule has 0 bridgehead atoms. The lowest BCUT2D eigenvalue weighted by molar-refractivity contribution is 0.121. The van der Waals surface area contributed by atoms with Crippen LogP contribution in [0.25, 0.3) is 11.5 Å². The highest BCUT2D eigenvalue weighted by Gasteiger charge is 2.26. The summed E-state index contributed by atoms with van der Waals surface area (Å²) in [7, 11) is 0. The monoisotopic (exact) mass is 319 g/mol. The average Bonchev–Trinajstić information content (AvgIpc) is 2.97. The summed E-state index contributed by atoms with van der Waals surface area (Å²) in [6, 6.07) is 8.15. The van der Waals surface area contributed by atoms with Crippen LogP contribution in [0.15, 0.2) is 34.9 Å². The summed E-state index contributed by atoms with van der Waals surface area (Å²) >= 11 is 5.91. The van der Waals surface area contributed by atoms with Gasteiger partial charge in [0.15, 0.2) is 0 Å². The van der Waals surface area contributed by atoms with Gasteiger partial charge in [0.05, 0.1) is 5.69 Å². The second kappa shape index (κ2) is 6.82. The van der Waals surface area contributed by atoms with Crippen molar-refractivity contribution < 1.29 is 4.42 Å². The summed E-state index contributed by atoms with van der Waals surface area (Å²) < 4.78 is 5.62. The minimum Gasteiger partial charge on any atom is -0.444 e. The zero-order chi connectivity index (χ0) is 15.5. The molecule has 1 aliphatic heterocycles. The molecule has 4 nitrogen and oxygen atoms in total. The molecule has 1 aromatic carbocycles. The van der Waals surface area contributed by atoms with Gasteiger partial charge < -0.3 is 10.2 Å². The third kappa shape index (κ3) is 3.51. The highest BCUT2D eigenvalue weighted by atomic mass is 35.5. The Morgan fingerprint density at radius 2 is 2.14 bits per heavy atom. The smallest absolute Gasteiger partial charge is 0.226 e. The highest BCUT2D eigenvalue weighted by Crippen LogP contribution is 2.24. The number of nitrogens with two attached hydrogens (primary N) is 1. The Bertz CT molecular complexity index is 609. The number of benzene rings is 1. The molecule has 2 atom stereocenters. The minimum absolute atomic E-state index is 0.183. The van der Waals surface area contributed by atoms with E-state index in [2.05, 4.69) is 16.8 Å². The molecule has 0 saturated carbocycles. The van der Waals surface area contributed by atoms with Crippen molar-refractivity contribution in [1.82, 2.24) is 9.88 Å². The van der Waals surface area contributed by atoms with Crippen molar-refractivity contribution in [2.24, 2.45) is 5.73 Å². The van der Waals surface area contributed by atoms with E-state index < -0.39 is 0 Å². The van der Waals surface area contributed by atoms with Gasteiger partial charge in [-0.05, 0) is 50.6 Å². The molecule has 2 aromatic rings. The molecule has 0 aliphatic carbocycles. The van der Waals surface area contributed by atoms with E-state index in [1.54, 1.807) is 6.26 Å². The molecule has 1 saturated heterocycles. The lowest BCUT2D eigenvalue weighted by atomic mass is 9.97. The molecule has 1 aromatic heterocycles. The van der Waals surface area contributed by atoms with E-state index in [1.165, 1.54) is 19.3 Å². The Morgan fingerprint density at radius 1 is 1.36 bits per heavy atom. The fraction of sp³-hybridized carbons (Fsp3) is 0.471. The van der Waals surface area contributed by atoms with E-state index in [0.717, 1.165) is 24.3 Å². The Morgan fingerprint density at radius 3 is 2.86 bits per heavy atom. The van der Waals surface area contributed by atoms with Crippen molar-refractivity contribution in [2.75, 3.05) is 6.54 Å². The Labute approximate surface area is 136 Å². The van der Waals surface area contributed by atoms with E-state index in [-0.39, 0.29) is 6.04 Å². The molecule has 2 N–H and O–H groups in total. The van der Waals surface area contributed by atoms with E-state index in [4.69, 9.17) is 21.8 Å². The van der Waals surface area contributed by atoms with Crippen LogP contribution in [-0.4, -0.2) is 28.5 Å². The SMILES string of the molecule is CC(N)C1CCCCN1Cc1coc(-c2ccc(Cl)cc2)n1. The predicted molar refractivity (Wildman–Crippen MR) is 88.6 cm³/mol. The van der Waals surface area contributed by atoms with Crippen LogP contribution in [0.1, 0.15) is 31.9 Å². The molecule has 118 valence electrons. The summed E-state index contributed by atoms with van der Waals surface area (Å²) in [5.74, 6) is 0.640. The van der Waals surface area contributed by atoms with Crippen LogP contribution in [0.2, 0.25) is 5.02 Å². The van der Waals surface area contributed by atoms with Gasteiger partial charge in [-0.1, -0.05) is 18.0 Å². The first-order valence-corrected chi connectivity index (χ1v) is 8.21. The third-order valence-corrected chi connectivity index (χ3v) is 4.53. The van der Waals surface area contributed by atoms with Gasteiger partial charge in [-0.15, -0.1) is 0 Å². The molecule has 1 fully saturated rings. The molecular formula is C17H22ClN3O. The number of hydrogen-bond acceptors (Lipinski definition) is 4. The van der Waals surface area contributed by atoms with Crippen LogP contribution >= 0.6 is 11.6 Å². The van der Waals surface area contributed by atoms with Gasteiger partial charge in [0.25, 0.3) is 0 Å². The number of halogens is 1. The van der Waals surface area contributed by atoms with E-state index in [9.17, 15) is 0 Å². The van der Waals surface area contributed by atoms with Crippen molar-refractivity contribution >= 4 is 11.6 Å². The van der Waals surface area contributed by atoms with Crippen LogP contribution in [0, 0.1) is 0 Å². The summed E-state index contributed by atoms with van der Waals surface area (Å²) in [5.41, 5.74) is 8.02. The number of oxazole rings is 1. The van der Waals surface area contributed by atoms with Gasteiger partial charge >= 0.3 is 0 Å². The fourth-order valence-electron chi connectivity index (χ4n) is 3.12. The molecule has 22 heavy (non-hydrogen) atoms. The fourth-order valence-corrected chi connectivity index (χ4v) is 3.25. The molecule has 1 aliphatic rings. The summed E-state index contributed by atoms with van der Waals surface area (Å²) in [6.45, 7) is 3.96. The van der Waals surface area contributed by atoms with Gasteiger partial charge in [-0.25, -0.2) is 4.98 Å². The molecule has 5 heteroatoms. The van der Waals surface area contributed by atoms with Crippen LogP contribution in [-0.2, 0) is 6.54 Å². The maximum Gasteiger partial charge on any atom is 0.226 e. The molecular weight excluding hydrogens is 298 g/mol. The molecule has 0 spiro atoms. The molecule has 2 unspecified atom stereocenters. The Balaban J connectivity index is 1.72. The zero-order valence-corrected chi connectivity index (χ0v) is 13.6. The molecule has 0 amide bonds. The van der Waals surface area contributed by atoms with Gasteiger partial charge in [0.2, 0.25) is 5.89 Å². The normalized spacial score (nSPS) is 21.0. The lowest BCUT2D eigenvalue weighted by Crippen LogP contribution is -2.48. The van der Waals surface area contributed by atoms with Gasteiger partial charge in [-0.2, -0.15) is 0 Å². The molecule has 3 rings (SSSR count). The number of hydrogen-bond donors (Lipinski definition) is 1. The van der Waals surface area contributed by atoms with Crippen molar-refractivity contribution in [2.45, 2.75) is 44.8 Å².